The molecule has 0 N–H and O–H groups in total. The minimum atomic E-state index is -0.523. The Morgan fingerprint density at radius 2 is 2.00 bits per heavy atom. The lowest BCUT2D eigenvalue weighted by Crippen LogP contribution is -2.42. The van der Waals surface area contributed by atoms with E-state index in [9.17, 15) is 4.79 Å². The number of hydrogen-bond donors (Lipinski definition) is 0. The lowest BCUT2D eigenvalue weighted by molar-refractivity contribution is 0.0704. The molecule has 5 rings (SSSR count). The first-order valence-corrected chi connectivity index (χ1v) is 12.1. The molecule has 2 saturated heterocycles. The fourth-order valence-corrected chi connectivity index (χ4v) is 5.14. The Kier molecular flexibility index (Phi) is 6.63. The van der Waals surface area contributed by atoms with Crippen molar-refractivity contribution in [1.29, 1.82) is 0 Å². The first-order chi connectivity index (χ1) is 16.2. The summed E-state index contributed by atoms with van der Waals surface area (Å²) in [5.74, 6) is 0.403. The average molecular weight is 451 g/mol. The van der Waals surface area contributed by atoms with Gasteiger partial charge in [0.05, 0.1) is 5.56 Å². The Bertz CT molecular complexity index is 1020. The number of rotatable bonds is 6. The van der Waals surface area contributed by atoms with Crippen LogP contribution in [0, 0.1) is 5.82 Å². The maximum atomic E-state index is 15.1. The zero-order valence-electron chi connectivity index (χ0n) is 19.0. The number of carbonyl (C=O) groups is 1. The number of hydrogen-bond acceptors (Lipinski definition) is 4. The number of amides is 1. The summed E-state index contributed by atoms with van der Waals surface area (Å²) in [7, 11) is 0. The summed E-state index contributed by atoms with van der Waals surface area (Å²) in [6.07, 6.45) is 16.5. The highest BCUT2D eigenvalue weighted by molar-refractivity contribution is 5.95. The molecule has 0 aromatic heterocycles. The average Bonchev–Trinajstić information content (AvgIpc) is 3.52. The van der Waals surface area contributed by atoms with Crippen molar-refractivity contribution < 1.29 is 18.7 Å². The molecule has 0 saturated carbocycles. The van der Waals surface area contributed by atoms with Gasteiger partial charge in [-0.1, -0.05) is 29.9 Å². The van der Waals surface area contributed by atoms with Crippen LogP contribution in [0.15, 0.2) is 60.3 Å². The summed E-state index contributed by atoms with van der Waals surface area (Å²) in [5, 5.41) is 0. The maximum Gasteiger partial charge on any atom is 0.257 e. The third-order valence-corrected chi connectivity index (χ3v) is 6.91. The minimum Gasteiger partial charge on any atom is -0.465 e. The summed E-state index contributed by atoms with van der Waals surface area (Å²) in [6, 6.07) is 4.86. The van der Waals surface area contributed by atoms with Crippen LogP contribution in [0.25, 0.3) is 5.76 Å². The van der Waals surface area contributed by atoms with Gasteiger partial charge in [-0.05, 0) is 63.7 Å². The van der Waals surface area contributed by atoms with Crippen molar-refractivity contribution in [3.8, 4) is 0 Å². The highest BCUT2D eigenvalue weighted by Crippen LogP contribution is 2.30. The van der Waals surface area contributed by atoms with E-state index in [2.05, 4.69) is 23.1 Å². The molecule has 0 radical (unpaired) electrons. The van der Waals surface area contributed by atoms with E-state index in [-0.39, 0.29) is 17.5 Å². The van der Waals surface area contributed by atoms with Gasteiger partial charge in [0.2, 0.25) is 0 Å². The first kappa shape index (κ1) is 22.0. The molecule has 1 aromatic carbocycles. The smallest absolute Gasteiger partial charge is 0.257 e. The van der Waals surface area contributed by atoms with E-state index in [0.29, 0.717) is 30.0 Å². The van der Waals surface area contributed by atoms with Crippen molar-refractivity contribution in [3.63, 3.8) is 0 Å². The molecule has 1 unspecified atom stereocenters. The van der Waals surface area contributed by atoms with Crippen LogP contribution in [0.5, 0.6) is 0 Å². The number of allylic oxidation sites excluding steroid dienone is 4. The van der Waals surface area contributed by atoms with Gasteiger partial charge < -0.3 is 19.3 Å². The molecule has 3 heterocycles. The second-order valence-corrected chi connectivity index (χ2v) is 9.27. The fraction of sp³-hybridized carbons (Fsp3) is 0.444. The molecule has 1 amide bonds. The molecule has 0 bridgehead atoms. The third kappa shape index (κ3) is 5.06. The molecule has 2 fully saturated rings. The fourth-order valence-electron chi connectivity index (χ4n) is 5.14. The van der Waals surface area contributed by atoms with Crippen molar-refractivity contribution in [3.05, 3.63) is 77.2 Å². The van der Waals surface area contributed by atoms with E-state index in [0.717, 1.165) is 45.3 Å². The lowest BCUT2D eigenvalue weighted by atomic mass is 10.0. The van der Waals surface area contributed by atoms with Gasteiger partial charge in [0.25, 0.3) is 5.91 Å². The van der Waals surface area contributed by atoms with Crippen molar-refractivity contribution in [1.82, 2.24) is 9.80 Å². The zero-order valence-corrected chi connectivity index (χ0v) is 19.0. The summed E-state index contributed by atoms with van der Waals surface area (Å²) in [6.45, 7) is 3.79. The second kappa shape index (κ2) is 9.96. The monoisotopic (exact) mass is 450 g/mol. The maximum absolute atomic E-state index is 15.1. The van der Waals surface area contributed by atoms with E-state index in [1.165, 1.54) is 30.7 Å². The van der Waals surface area contributed by atoms with Gasteiger partial charge in [0, 0.05) is 31.1 Å². The predicted molar refractivity (Wildman–Crippen MR) is 125 cm³/mol. The number of carbonyl (C=O) groups excluding carboxylic acids is 1. The predicted octanol–water partition coefficient (Wildman–Crippen LogP) is 5.38. The summed E-state index contributed by atoms with van der Waals surface area (Å²) >= 11 is 0. The first-order valence-electron chi connectivity index (χ1n) is 12.1. The molecular formula is C27H31FN2O3. The number of nitrogens with zero attached hydrogens (tertiary/aromatic N) is 2. The van der Waals surface area contributed by atoms with Crippen LogP contribution in [0.4, 0.5) is 4.39 Å². The minimum absolute atomic E-state index is 0.124. The van der Waals surface area contributed by atoms with Gasteiger partial charge in [0.1, 0.15) is 24.1 Å². The highest BCUT2D eigenvalue weighted by atomic mass is 19.1. The van der Waals surface area contributed by atoms with Crippen molar-refractivity contribution >= 4 is 11.7 Å². The molecule has 6 heteroatoms. The number of benzene rings is 1. The van der Waals surface area contributed by atoms with Crippen LogP contribution in [0.1, 0.15) is 60.9 Å². The van der Waals surface area contributed by atoms with Gasteiger partial charge in [-0.25, -0.2) is 4.39 Å². The van der Waals surface area contributed by atoms with E-state index >= 15 is 4.39 Å². The van der Waals surface area contributed by atoms with E-state index in [1.54, 1.807) is 18.4 Å². The van der Waals surface area contributed by atoms with Crippen LogP contribution >= 0.6 is 0 Å². The van der Waals surface area contributed by atoms with Crippen molar-refractivity contribution in [2.45, 2.75) is 51.0 Å². The number of likely N-dealkylation sites (tertiary alicyclic amines) is 2. The Balaban J connectivity index is 1.25. The summed E-state index contributed by atoms with van der Waals surface area (Å²) in [4.78, 5) is 17.5. The van der Waals surface area contributed by atoms with Crippen molar-refractivity contribution in [2.24, 2.45) is 0 Å². The van der Waals surface area contributed by atoms with Gasteiger partial charge >= 0.3 is 0 Å². The topological polar surface area (TPSA) is 42.0 Å². The van der Waals surface area contributed by atoms with E-state index in [1.807, 2.05) is 4.90 Å². The lowest BCUT2D eigenvalue weighted by Gasteiger charge is -2.28. The summed E-state index contributed by atoms with van der Waals surface area (Å²) < 4.78 is 26.6. The van der Waals surface area contributed by atoms with Crippen LogP contribution in [0.2, 0.25) is 0 Å². The Morgan fingerprint density at radius 3 is 2.79 bits per heavy atom. The SMILES string of the molecule is O=C(c1ccc(C2=COC=C(CC3=CC=CCC3)O2)cc1F)N1CCCC1CN1CCCC1. The van der Waals surface area contributed by atoms with E-state index in [4.69, 9.17) is 9.47 Å². The number of ether oxygens (including phenoxy) is 2. The molecule has 1 aliphatic carbocycles. The number of halogens is 1. The largest absolute Gasteiger partial charge is 0.465 e. The molecule has 174 valence electrons. The van der Waals surface area contributed by atoms with Crippen LogP contribution in [-0.4, -0.2) is 47.9 Å². The molecule has 1 atom stereocenters. The van der Waals surface area contributed by atoms with Crippen LogP contribution in [0.3, 0.4) is 0 Å². The quantitative estimate of drug-likeness (QED) is 0.584. The van der Waals surface area contributed by atoms with Gasteiger partial charge in [0.15, 0.2) is 5.76 Å². The van der Waals surface area contributed by atoms with Crippen LogP contribution in [-0.2, 0) is 9.47 Å². The second-order valence-electron chi connectivity index (χ2n) is 9.27. The Labute approximate surface area is 194 Å². The molecule has 1 aromatic rings. The van der Waals surface area contributed by atoms with Gasteiger partial charge in [-0.3, -0.25) is 4.79 Å². The molecular weight excluding hydrogens is 419 g/mol. The molecule has 3 aliphatic heterocycles. The molecule has 33 heavy (non-hydrogen) atoms. The van der Waals surface area contributed by atoms with Crippen molar-refractivity contribution in [2.75, 3.05) is 26.2 Å². The highest BCUT2D eigenvalue weighted by Gasteiger charge is 2.32. The molecule has 5 nitrogen and oxygen atoms in total. The van der Waals surface area contributed by atoms with Gasteiger partial charge in [-0.15, -0.1) is 0 Å². The Hall–Kier alpha value is -2.86. The van der Waals surface area contributed by atoms with Crippen LogP contribution < -0.4 is 0 Å². The molecule has 4 aliphatic rings. The third-order valence-electron chi connectivity index (χ3n) is 6.91. The summed E-state index contributed by atoms with van der Waals surface area (Å²) in [5.41, 5.74) is 1.95. The standard InChI is InChI=1S/C27H31FN2O3/c28-25-16-21(26-19-32-18-23(33-26)15-20-7-2-1-3-8-20)10-11-24(25)27(31)30-14-6-9-22(30)17-29-12-4-5-13-29/h1-2,7,10-11,16,18-19,22H,3-6,8-9,12-15,17H2. The normalized spacial score (nSPS) is 23.0. The Morgan fingerprint density at radius 1 is 1.12 bits per heavy atom. The van der Waals surface area contributed by atoms with Gasteiger partial charge in [-0.2, -0.15) is 0 Å². The van der Waals surface area contributed by atoms with E-state index < -0.39 is 5.82 Å². The molecule has 0 spiro atoms. The zero-order chi connectivity index (χ0) is 22.6.